The van der Waals surface area contributed by atoms with Gasteiger partial charge in [-0.2, -0.15) is 0 Å². The Bertz CT molecular complexity index is 412. The van der Waals surface area contributed by atoms with Gasteiger partial charge in [0.15, 0.2) is 0 Å². The Morgan fingerprint density at radius 1 is 1.41 bits per heavy atom. The van der Waals surface area contributed by atoms with E-state index in [0.717, 1.165) is 25.0 Å². The van der Waals surface area contributed by atoms with Crippen LogP contribution >= 0.6 is 0 Å². The van der Waals surface area contributed by atoms with Crippen molar-refractivity contribution < 1.29 is 13.6 Å². The molecule has 1 saturated carbocycles. The number of carbonyl (C=O) groups is 1. The maximum absolute atomic E-state index is 13.3. The predicted molar refractivity (Wildman–Crippen MR) is 59.4 cm³/mol. The van der Waals surface area contributed by atoms with Gasteiger partial charge in [-0.15, -0.1) is 0 Å². The van der Waals surface area contributed by atoms with Crippen molar-refractivity contribution in [2.24, 2.45) is 11.7 Å². The van der Waals surface area contributed by atoms with E-state index in [-0.39, 0.29) is 12.6 Å². The summed E-state index contributed by atoms with van der Waals surface area (Å²) < 4.78 is 26.7. The zero-order valence-electron chi connectivity index (χ0n) is 9.25. The van der Waals surface area contributed by atoms with Crippen molar-refractivity contribution in [3.8, 4) is 0 Å². The molecule has 0 aromatic heterocycles. The van der Waals surface area contributed by atoms with Crippen molar-refractivity contribution in [1.82, 2.24) is 5.32 Å². The highest BCUT2D eigenvalue weighted by molar-refractivity contribution is 5.95. The third-order valence-electron chi connectivity index (χ3n) is 2.95. The molecule has 1 fully saturated rings. The summed E-state index contributed by atoms with van der Waals surface area (Å²) in [6.45, 7) is 0.284. The molecule has 5 heteroatoms. The maximum atomic E-state index is 13.3. The van der Waals surface area contributed by atoms with Gasteiger partial charge in [0, 0.05) is 12.6 Å². The van der Waals surface area contributed by atoms with Crippen molar-refractivity contribution >= 4 is 5.91 Å². The molecule has 0 saturated heterocycles. The molecule has 1 aromatic rings. The number of carbonyl (C=O) groups excluding carboxylic acids is 1. The van der Waals surface area contributed by atoms with E-state index in [4.69, 9.17) is 5.73 Å². The number of benzene rings is 1. The first kappa shape index (κ1) is 12.0. The lowest BCUT2D eigenvalue weighted by molar-refractivity contribution is 0.0925. The van der Waals surface area contributed by atoms with Crippen LogP contribution in [0.15, 0.2) is 18.2 Å². The number of nitrogens with two attached hydrogens (primary N) is 1. The number of amides is 1. The van der Waals surface area contributed by atoms with E-state index < -0.39 is 23.1 Å². The topological polar surface area (TPSA) is 55.1 Å². The van der Waals surface area contributed by atoms with Crippen LogP contribution in [0.3, 0.4) is 0 Å². The van der Waals surface area contributed by atoms with Crippen LogP contribution in [-0.2, 0) is 0 Å². The van der Waals surface area contributed by atoms with Crippen LogP contribution < -0.4 is 11.1 Å². The molecule has 92 valence electrons. The van der Waals surface area contributed by atoms with Crippen LogP contribution in [0, 0.1) is 17.6 Å². The van der Waals surface area contributed by atoms with Gasteiger partial charge < -0.3 is 11.1 Å². The van der Waals surface area contributed by atoms with Crippen LogP contribution in [0.5, 0.6) is 0 Å². The van der Waals surface area contributed by atoms with Gasteiger partial charge in [-0.1, -0.05) is 6.07 Å². The molecule has 1 aliphatic rings. The second-order valence-corrected chi connectivity index (χ2v) is 4.25. The summed E-state index contributed by atoms with van der Waals surface area (Å²) in [5.74, 6) is -2.09. The summed E-state index contributed by atoms with van der Waals surface area (Å²) in [6, 6.07) is 3.16. The standard InChI is InChI=1S/C12H14F2N2O/c13-8-2-1-3-9(14)11(8)12(17)16-10(6-15)7-4-5-7/h1-3,7,10H,4-6,15H2,(H,16,17). The van der Waals surface area contributed by atoms with Crippen molar-refractivity contribution in [3.05, 3.63) is 35.4 Å². The minimum absolute atomic E-state index is 0.193. The highest BCUT2D eigenvalue weighted by atomic mass is 19.1. The monoisotopic (exact) mass is 240 g/mol. The van der Waals surface area contributed by atoms with Gasteiger partial charge in [-0.05, 0) is 30.9 Å². The first-order chi connectivity index (χ1) is 8.13. The lowest BCUT2D eigenvalue weighted by atomic mass is 10.1. The van der Waals surface area contributed by atoms with Gasteiger partial charge in [-0.3, -0.25) is 4.79 Å². The molecule has 0 spiro atoms. The largest absolute Gasteiger partial charge is 0.348 e. The molecule has 1 atom stereocenters. The molecule has 0 radical (unpaired) electrons. The molecule has 0 heterocycles. The minimum Gasteiger partial charge on any atom is -0.348 e. The number of rotatable bonds is 4. The third kappa shape index (κ3) is 2.61. The average Bonchev–Trinajstić information content (AvgIpc) is 3.09. The highest BCUT2D eigenvalue weighted by Crippen LogP contribution is 2.32. The highest BCUT2D eigenvalue weighted by Gasteiger charge is 2.32. The van der Waals surface area contributed by atoms with Gasteiger partial charge in [0.25, 0.3) is 5.91 Å². The summed E-state index contributed by atoms with van der Waals surface area (Å²) in [5.41, 5.74) is 4.98. The van der Waals surface area contributed by atoms with Crippen LogP contribution in [0.2, 0.25) is 0 Å². The quantitative estimate of drug-likeness (QED) is 0.836. The van der Waals surface area contributed by atoms with E-state index in [1.165, 1.54) is 6.07 Å². The zero-order valence-corrected chi connectivity index (χ0v) is 9.25. The molecule has 1 amide bonds. The maximum Gasteiger partial charge on any atom is 0.257 e. The molecular weight excluding hydrogens is 226 g/mol. The van der Waals surface area contributed by atoms with Gasteiger partial charge in [0.2, 0.25) is 0 Å². The van der Waals surface area contributed by atoms with E-state index in [9.17, 15) is 13.6 Å². The second-order valence-electron chi connectivity index (χ2n) is 4.25. The van der Waals surface area contributed by atoms with E-state index in [1.807, 2.05) is 0 Å². The minimum atomic E-state index is -0.853. The number of hydrogen-bond donors (Lipinski definition) is 2. The fourth-order valence-electron chi connectivity index (χ4n) is 1.82. The summed E-state index contributed by atoms with van der Waals surface area (Å²) >= 11 is 0. The third-order valence-corrected chi connectivity index (χ3v) is 2.95. The van der Waals surface area contributed by atoms with E-state index >= 15 is 0 Å². The summed E-state index contributed by atoms with van der Waals surface area (Å²) in [6.07, 6.45) is 2.00. The van der Waals surface area contributed by atoms with E-state index in [2.05, 4.69) is 5.32 Å². The van der Waals surface area contributed by atoms with E-state index in [1.54, 1.807) is 0 Å². The number of halogens is 2. The smallest absolute Gasteiger partial charge is 0.257 e. The lowest BCUT2D eigenvalue weighted by Crippen LogP contribution is -2.42. The van der Waals surface area contributed by atoms with Crippen molar-refractivity contribution in [2.45, 2.75) is 18.9 Å². The molecule has 17 heavy (non-hydrogen) atoms. The molecule has 1 unspecified atom stereocenters. The first-order valence-electron chi connectivity index (χ1n) is 5.58. The summed E-state index contributed by atoms with van der Waals surface area (Å²) in [5, 5.41) is 2.58. The Hall–Kier alpha value is -1.49. The Labute approximate surface area is 98.0 Å². The predicted octanol–water partition coefficient (Wildman–Crippen LogP) is 1.43. The molecule has 0 bridgehead atoms. The van der Waals surface area contributed by atoms with Gasteiger partial charge in [0.1, 0.15) is 17.2 Å². The summed E-state index contributed by atoms with van der Waals surface area (Å²) in [7, 11) is 0. The van der Waals surface area contributed by atoms with Gasteiger partial charge >= 0.3 is 0 Å². The second kappa shape index (κ2) is 4.79. The van der Waals surface area contributed by atoms with Gasteiger partial charge in [0.05, 0.1) is 0 Å². The zero-order chi connectivity index (χ0) is 12.4. The fourth-order valence-corrected chi connectivity index (χ4v) is 1.82. The normalized spacial score (nSPS) is 16.6. The molecule has 1 aliphatic carbocycles. The molecule has 3 nitrogen and oxygen atoms in total. The van der Waals surface area contributed by atoms with Crippen molar-refractivity contribution in [2.75, 3.05) is 6.54 Å². The lowest BCUT2D eigenvalue weighted by Gasteiger charge is -2.16. The molecule has 1 aromatic carbocycles. The number of hydrogen-bond acceptors (Lipinski definition) is 2. The molecular formula is C12H14F2N2O. The average molecular weight is 240 g/mol. The van der Waals surface area contributed by atoms with Gasteiger partial charge in [-0.25, -0.2) is 8.78 Å². The first-order valence-corrected chi connectivity index (χ1v) is 5.58. The molecule has 0 aliphatic heterocycles. The Kier molecular flexibility index (Phi) is 3.38. The Morgan fingerprint density at radius 3 is 2.47 bits per heavy atom. The van der Waals surface area contributed by atoms with Crippen LogP contribution in [0.4, 0.5) is 8.78 Å². The number of nitrogens with one attached hydrogen (secondary N) is 1. The van der Waals surface area contributed by atoms with Crippen LogP contribution in [0.1, 0.15) is 23.2 Å². The van der Waals surface area contributed by atoms with Crippen molar-refractivity contribution in [1.29, 1.82) is 0 Å². The van der Waals surface area contributed by atoms with Crippen LogP contribution in [-0.4, -0.2) is 18.5 Å². The fraction of sp³-hybridized carbons (Fsp3) is 0.417. The van der Waals surface area contributed by atoms with Crippen LogP contribution in [0.25, 0.3) is 0 Å². The SMILES string of the molecule is NCC(NC(=O)c1c(F)cccc1F)C1CC1. The molecule has 2 rings (SSSR count). The summed E-state index contributed by atoms with van der Waals surface area (Å²) in [4.78, 5) is 11.7. The Morgan fingerprint density at radius 2 is 2.00 bits per heavy atom. The molecule has 3 N–H and O–H groups in total. The van der Waals surface area contributed by atoms with E-state index in [0.29, 0.717) is 5.92 Å². The van der Waals surface area contributed by atoms with Crippen molar-refractivity contribution in [3.63, 3.8) is 0 Å². The Balaban J connectivity index is 2.13.